The van der Waals surface area contributed by atoms with Gasteiger partial charge in [0.05, 0.1) is 14.2 Å². The third-order valence-corrected chi connectivity index (χ3v) is 7.63. The molecule has 1 aliphatic rings. The van der Waals surface area contributed by atoms with Crippen molar-refractivity contribution >= 4 is 8.07 Å². The third kappa shape index (κ3) is 5.54. The van der Waals surface area contributed by atoms with Crippen LogP contribution in [0.3, 0.4) is 0 Å². The average molecular weight is 258 g/mol. The molecule has 1 saturated heterocycles. The summed E-state index contributed by atoms with van der Waals surface area (Å²) in [6.07, 6.45) is 6.67. The number of hydrogen-bond donors (Lipinski definition) is 0. The molecule has 1 fully saturated rings. The highest BCUT2D eigenvalue weighted by molar-refractivity contribution is 6.78. The van der Waals surface area contributed by atoms with E-state index in [-0.39, 0.29) is 0 Å². The van der Waals surface area contributed by atoms with Gasteiger partial charge in [-0.25, -0.2) is 0 Å². The van der Waals surface area contributed by atoms with Crippen molar-refractivity contribution in [1.29, 1.82) is 0 Å². The normalized spacial score (nSPS) is 23.6. The first kappa shape index (κ1) is 15.2. The van der Waals surface area contributed by atoms with Gasteiger partial charge in [0.2, 0.25) is 0 Å². The Bertz CT molecular complexity index is 200. The molecular formula is C14H30O2Si. The molecule has 0 aromatic rings. The van der Waals surface area contributed by atoms with E-state index in [0.29, 0.717) is 11.8 Å². The number of rotatable bonds is 7. The fraction of sp³-hybridized carbons (Fsp3) is 1.00. The van der Waals surface area contributed by atoms with Gasteiger partial charge >= 0.3 is 0 Å². The van der Waals surface area contributed by atoms with E-state index in [1.807, 2.05) is 0 Å². The SMILES string of the molecule is CCCOC(C)CC[Si](C)(C)C1CCCCO1. The molecular weight excluding hydrogens is 228 g/mol. The Morgan fingerprint density at radius 2 is 2.12 bits per heavy atom. The fourth-order valence-corrected chi connectivity index (χ4v) is 5.52. The molecule has 2 nitrogen and oxygen atoms in total. The molecule has 0 spiro atoms. The van der Waals surface area contributed by atoms with Crippen LogP contribution in [0.4, 0.5) is 0 Å². The van der Waals surface area contributed by atoms with Crippen molar-refractivity contribution < 1.29 is 9.47 Å². The summed E-state index contributed by atoms with van der Waals surface area (Å²) in [5.74, 6) is 0. The minimum Gasteiger partial charge on any atom is -0.382 e. The molecule has 17 heavy (non-hydrogen) atoms. The maximum absolute atomic E-state index is 5.98. The molecule has 1 aliphatic heterocycles. The zero-order valence-corrected chi connectivity index (χ0v) is 13.1. The molecule has 0 N–H and O–H groups in total. The van der Waals surface area contributed by atoms with Gasteiger partial charge < -0.3 is 9.47 Å². The van der Waals surface area contributed by atoms with Gasteiger partial charge in [-0.2, -0.15) is 0 Å². The van der Waals surface area contributed by atoms with Crippen molar-refractivity contribution in [1.82, 2.24) is 0 Å². The number of hydrogen-bond acceptors (Lipinski definition) is 2. The Labute approximate surface area is 108 Å². The largest absolute Gasteiger partial charge is 0.382 e. The molecule has 0 amide bonds. The standard InChI is InChI=1S/C14H30O2Si/c1-5-10-15-13(2)9-12-17(3,4)14-8-6-7-11-16-14/h13-14H,5-12H2,1-4H3. The summed E-state index contributed by atoms with van der Waals surface area (Å²) >= 11 is 0. The molecule has 0 saturated carbocycles. The van der Waals surface area contributed by atoms with Crippen LogP contribution in [-0.2, 0) is 9.47 Å². The second-order valence-electron chi connectivity index (χ2n) is 6.06. The van der Waals surface area contributed by atoms with Crippen molar-refractivity contribution in [2.75, 3.05) is 13.2 Å². The van der Waals surface area contributed by atoms with Gasteiger partial charge in [0.25, 0.3) is 0 Å². The van der Waals surface area contributed by atoms with Crippen LogP contribution in [0, 0.1) is 0 Å². The second kappa shape index (κ2) is 7.55. The molecule has 0 aromatic heterocycles. The smallest absolute Gasteiger partial charge is 0.0816 e. The van der Waals surface area contributed by atoms with Crippen molar-refractivity contribution in [3.63, 3.8) is 0 Å². The summed E-state index contributed by atoms with van der Waals surface area (Å²) in [4.78, 5) is 0. The van der Waals surface area contributed by atoms with E-state index < -0.39 is 8.07 Å². The predicted octanol–water partition coefficient (Wildman–Crippen LogP) is 4.01. The highest BCUT2D eigenvalue weighted by atomic mass is 28.3. The van der Waals surface area contributed by atoms with Gasteiger partial charge in [-0.15, -0.1) is 0 Å². The fourth-order valence-electron chi connectivity index (χ4n) is 2.50. The van der Waals surface area contributed by atoms with E-state index in [1.54, 1.807) is 0 Å². The van der Waals surface area contributed by atoms with Crippen LogP contribution < -0.4 is 0 Å². The lowest BCUT2D eigenvalue weighted by Crippen LogP contribution is -2.45. The molecule has 3 heteroatoms. The van der Waals surface area contributed by atoms with E-state index in [2.05, 4.69) is 26.9 Å². The molecule has 102 valence electrons. The quantitative estimate of drug-likeness (QED) is 0.642. The first-order chi connectivity index (χ1) is 8.06. The molecule has 0 bridgehead atoms. The maximum atomic E-state index is 5.98. The first-order valence-electron chi connectivity index (χ1n) is 7.29. The van der Waals surface area contributed by atoms with Crippen LogP contribution in [0.5, 0.6) is 0 Å². The average Bonchev–Trinajstić information content (AvgIpc) is 2.35. The summed E-state index contributed by atoms with van der Waals surface area (Å²) in [6.45, 7) is 11.2. The summed E-state index contributed by atoms with van der Waals surface area (Å²) < 4.78 is 11.7. The van der Waals surface area contributed by atoms with Gasteiger partial charge in [0.1, 0.15) is 0 Å². The zero-order valence-electron chi connectivity index (χ0n) is 12.1. The topological polar surface area (TPSA) is 18.5 Å². The van der Waals surface area contributed by atoms with Crippen molar-refractivity contribution in [2.24, 2.45) is 0 Å². The van der Waals surface area contributed by atoms with E-state index in [0.717, 1.165) is 19.6 Å². The Hall–Kier alpha value is 0.137. The molecule has 2 unspecified atom stereocenters. The van der Waals surface area contributed by atoms with E-state index >= 15 is 0 Å². The highest BCUT2D eigenvalue weighted by Crippen LogP contribution is 2.27. The van der Waals surface area contributed by atoms with Crippen LogP contribution in [0.1, 0.15) is 46.0 Å². The van der Waals surface area contributed by atoms with Crippen LogP contribution in [0.2, 0.25) is 19.1 Å². The van der Waals surface area contributed by atoms with Gasteiger partial charge in [0.15, 0.2) is 0 Å². The van der Waals surface area contributed by atoms with Crippen molar-refractivity contribution in [3.8, 4) is 0 Å². The molecule has 0 aromatic carbocycles. The predicted molar refractivity (Wildman–Crippen MR) is 76.2 cm³/mol. The molecule has 0 aliphatic carbocycles. The number of ether oxygens (including phenoxy) is 2. The third-order valence-electron chi connectivity index (χ3n) is 3.85. The van der Waals surface area contributed by atoms with Gasteiger partial charge in [0, 0.05) is 18.9 Å². The summed E-state index contributed by atoms with van der Waals surface area (Å²) in [5.41, 5.74) is 0.592. The van der Waals surface area contributed by atoms with Crippen molar-refractivity contribution in [2.45, 2.75) is 76.9 Å². The van der Waals surface area contributed by atoms with E-state index in [4.69, 9.17) is 9.47 Å². The molecule has 2 atom stereocenters. The summed E-state index contributed by atoms with van der Waals surface area (Å²) in [6, 6.07) is 1.34. The monoisotopic (exact) mass is 258 g/mol. The van der Waals surface area contributed by atoms with Gasteiger partial charge in [-0.05, 0) is 39.0 Å². The summed E-state index contributed by atoms with van der Waals surface area (Å²) in [5, 5.41) is 0. The Balaban J connectivity index is 2.27. The van der Waals surface area contributed by atoms with Gasteiger partial charge in [-0.1, -0.05) is 26.1 Å². The molecule has 1 heterocycles. The van der Waals surface area contributed by atoms with E-state index in [9.17, 15) is 0 Å². The van der Waals surface area contributed by atoms with Gasteiger partial charge in [-0.3, -0.25) is 0 Å². The second-order valence-corrected chi connectivity index (χ2v) is 11.2. The summed E-state index contributed by atoms with van der Waals surface area (Å²) in [7, 11) is -1.21. The van der Waals surface area contributed by atoms with Crippen LogP contribution in [0.25, 0.3) is 0 Å². The zero-order chi connectivity index (χ0) is 12.7. The minimum atomic E-state index is -1.21. The van der Waals surface area contributed by atoms with Crippen LogP contribution in [0.15, 0.2) is 0 Å². The molecule has 0 radical (unpaired) electrons. The molecule has 1 rings (SSSR count). The Morgan fingerprint density at radius 3 is 2.71 bits per heavy atom. The van der Waals surface area contributed by atoms with Crippen molar-refractivity contribution in [3.05, 3.63) is 0 Å². The Morgan fingerprint density at radius 1 is 1.35 bits per heavy atom. The van der Waals surface area contributed by atoms with E-state index in [1.165, 1.54) is 31.7 Å². The minimum absolute atomic E-state index is 0.422. The lowest BCUT2D eigenvalue weighted by Gasteiger charge is -2.35. The lowest BCUT2D eigenvalue weighted by atomic mass is 10.2. The Kier molecular flexibility index (Phi) is 6.74. The highest BCUT2D eigenvalue weighted by Gasteiger charge is 2.33. The maximum Gasteiger partial charge on any atom is 0.0816 e. The first-order valence-corrected chi connectivity index (χ1v) is 10.6. The van der Waals surface area contributed by atoms with Crippen LogP contribution in [-0.4, -0.2) is 33.1 Å². The lowest BCUT2D eigenvalue weighted by molar-refractivity contribution is 0.0546. The van der Waals surface area contributed by atoms with Crippen LogP contribution >= 0.6 is 0 Å².